The molecule has 1 atom stereocenters. The maximum atomic E-state index is 14.2. The summed E-state index contributed by atoms with van der Waals surface area (Å²) in [7, 11) is -4.51. The molecule has 0 aromatic carbocycles. The van der Waals surface area contributed by atoms with Crippen LogP contribution in [0.1, 0.15) is 6.42 Å². The van der Waals surface area contributed by atoms with E-state index in [0.29, 0.717) is 13.0 Å². The van der Waals surface area contributed by atoms with Crippen LogP contribution in [0.5, 0.6) is 0 Å². The van der Waals surface area contributed by atoms with Crippen LogP contribution in [-0.2, 0) is 22.5 Å². The van der Waals surface area contributed by atoms with Crippen LogP contribution in [0.3, 0.4) is 0 Å². The van der Waals surface area contributed by atoms with Gasteiger partial charge in [-0.05, 0) is 85.0 Å². The minimum absolute atomic E-state index is 0.197. The molecular weight excluding hydrogens is 513 g/mol. The number of likely N-dealkylation sites (N-methyl/N-ethyl adjacent to an activating group) is 1. The van der Waals surface area contributed by atoms with Crippen molar-refractivity contribution in [1.82, 2.24) is 9.80 Å². The van der Waals surface area contributed by atoms with Gasteiger partial charge >= 0.3 is 6.03 Å². The molecule has 35 heavy (non-hydrogen) atoms. The highest BCUT2D eigenvalue weighted by molar-refractivity contribution is 6.70. The van der Waals surface area contributed by atoms with Gasteiger partial charge < -0.3 is 22.6 Å². The van der Waals surface area contributed by atoms with E-state index < -0.39 is 44.2 Å². The number of carbonyl (C=O) groups is 2. The maximum Gasteiger partial charge on any atom is 0.326 e. The highest BCUT2D eigenvalue weighted by Crippen LogP contribution is 2.47. The number of amides is 3. The summed E-state index contributed by atoms with van der Waals surface area (Å²) < 4.78 is 25.8. The predicted octanol–water partition coefficient (Wildman–Crippen LogP) is 5.03. The van der Waals surface area contributed by atoms with Crippen molar-refractivity contribution >= 4 is 45.2 Å². The average molecular weight is 565 g/mol. The Bertz CT molecular complexity index is 737. The maximum absolute atomic E-state index is 14.2. The second kappa shape index (κ2) is 11.2. The first-order chi connectivity index (χ1) is 15.5. The molecule has 8 nitrogen and oxygen atoms in total. The molecule has 12 heteroatoms. The third-order valence-electron chi connectivity index (χ3n) is 6.12. The Balaban J connectivity index is 3.81. The second-order valence-electron chi connectivity index (χ2n) is 13.7. The van der Waals surface area contributed by atoms with Crippen LogP contribution in [0.15, 0.2) is 0 Å². The molecule has 0 aromatic heterocycles. The normalized spacial score (nSPS) is 22.2. The fourth-order valence-corrected chi connectivity index (χ4v) is 6.74. The van der Waals surface area contributed by atoms with Gasteiger partial charge in [0.2, 0.25) is 5.91 Å². The van der Waals surface area contributed by atoms with E-state index in [1.165, 1.54) is 4.90 Å². The number of hydrogen-bond donors (Lipinski definition) is 0. The molecule has 3 amide bonds. The Labute approximate surface area is 218 Å². The fourth-order valence-electron chi connectivity index (χ4n) is 4.00. The Kier molecular flexibility index (Phi) is 10.4. The van der Waals surface area contributed by atoms with Crippen molar-refractivity contribution in [1.29, 1.82) is 0 Å². The third-order valence-corrected chi connectivity index (χ3v) is 10.2. The summed E-state index contributed by atoms with van der Waals surface area (Å²) in [4.78, 5) is 30.6. The molecule has 1 aliphatic rings. The van der Waals surface area contributed by atoms with Crippen molar-refractivity contribution in [3.63, 3.8) is 0 Å². The number of hydrogen-bond acceptors (Lipinski definition) is 6. The lowest BCUT2D eigenvalue weighted by atomic mass is 9.65. The van der Waals surface area contributed by atoms with Crippen molar-refractivity contribution < 1.29 is 27.3 Å². The highest BCUT2D eigenvalue weighted by Gasteiger charge is 2.65. The Morgan fingerprint density at radius 2 is 1.00 bits per heavy atom. The molecule has 1 aliphatic heterocycles. The zero-order valence-electron chi connectivity index (χ0n) is 24.9. The summed E-state index contributed by atoms with van der Waals surface area (Å²) in [5.74, 6) is -0.239. The number of carbonyl (C=O) groups excluding carboxylic acids is 2. The standard InChI is InChI=1S/C23H52N2O6Si4/c1-24-20(26)22(17-29-33(6,7)8,15-16-28-32(3,4)5)23(25(2)21(24)27,18-30-34(9,10)11)19-31-35(12,13)14/h15-19H2,1-14H3. The van der Waals surface area contributed by atoms with E-state index in [1.807, 2.05) is 0 Å². The van der Waals surface area contributed by atoms with Gasteiger partial charge in [-0.1, -0.05) is 0 Å². The van der Waals surface area contributed by atoms with E-state index in [-0.39, 0.29) is 31.8 Å². The van der Waals surface area contributed by atoms with Crippen LogP contribution in [0.25, 0.3) is 0 Å². The average Bonchev–Trinajstić information content (AvgIpc) is 2.65. The number of nitrogens with zero attached hydrogens (tertiary/aromatic N) is 2. The topological polar surface area (TPSA) is 77.5 Å². The van der Waals surface area contributed by atoms with Gasteiger partial charge in [0.1, 0.15) is 11.0 Å². The van der Waals surface area contributed by atoms with E-state index >= 15 is 0 Å². The predicted molar refractivity (Wildman–Crippen MR) is 153 cm³/mol. The Morgan fingerprint density at radius 3 is 1.37 bits per heavy atom. The van der Waals surface area contributed by atoms with Crippen LogP contribution in [-0.4, -0.2) is 101 Å². The lowest BCUT2D eigenvalue weighted by Gasteiger charge is -2.59. The van der Waals surface area contributed by atoms with Crippen LogP contribution in [0, 0.1) is 5.41 Å². The summed E-state index contributed by atoms with van der Waals surface area (Å²) in [6.07, 6.45) is 0.423. The first-order valence-corrected chi connectivity index (χ1v) is 26.2. The first kappa shape index (κ1) is 32.7. The minimum Gasteiger partial charge on any atom is -0.418 e. The zero-order chi connectivity index (χ0) is 27.7. The van der Waals surface area contributed by atoms with Crippen molar-refractivity contribution in [2.45, 2.75) is 90.5 Å². The highest BCUT2D eigenvalue weighted by atomic mass is 28.4. The van der Waals surface area contributed by atoms with Crippen molar-refractivity contribution in [3.8, 4) is 0 Å². The third kappa shape index (κ3) is 8.87. The smallest absolute Gasteiger partial charge is 0.326 e. The molecule has 1 unspecified atom stereocenters. The molecule has 0 bridgehead atoms. The van der Waals surface area contributed by atoms with E-state index in [9.17, 15) is 9.59 Å². The molecule has 1 rings (SSSR count). The SMILES string of the molecule is CN1C(=O)N(C)C(CO[Si](C)(C)C)(CO[Si](C)(C)C)C(CCO[Si](C)(C)C)(CO[Si](C)(C)C)C1=O. The summed E-state index contributed by atoms with van der Waals surface area (Å²) in [5, 5.41) is 0. The van der Waals surface area contributed by atoms with Crippen LogP contribution < -0.4 is 0 Å². The van der Waals surface area contributed by atoms with E-state index in [0.717, 1.165) is 0 Å². The molecule has 1 saturated heterocycles. The van der Waals surface area contributed by atoms with Crippen molar-refractivity contribution in [3.05, 3.63) is 0 Å². The fraction of sp³-hybridized carbons (Fsp3) is 0.913. The van der Waals surface area contributed by atoms with Gasteiger partial charge in [0.15, 0.2) is 33.3 Å². The molecule has 1 heterocycles. The Hall–Kier alpha value is -0.352. The van der Waals surface area contributed by atoms with Gasteiger partial charge in [0.05, 0.1) is 19.8 Å². The molecule has 0 radical (unpaired) electrons. The zero-order valence-corrected chi connectivity index (χ0v) is 28.9. The quantitative estimate of drug-likeness (QED) is 0.292. The van der Waals surface area contributed by atoms with Gasteiger partial charge in [0.25, 0.3) is 0 Å². The summed E-state index contributed by atoms with van der Waals surface area (Å²) >= 11 is 0. The monoisotopic (exact) mass is 564 g/mol. The number of rotatable bonds is 13. The molecule has 0 saturated carbocycles. The molecular formula is C23H52N2O6Si4. The van der Waals surface area contributed by atoms with E-state index in [4.69, 9.17) is 17.7 Å². The van der Waals surface area contributed by atoms with Crippen molar-refractivity contribution in [2.75, 3.05) is 40.5 Å². The van der Waals surface area contributed by atoms with E-state index in [1.54, 1.807) is 19.0 Å². The summed E-state index contributed by atoms with van der Waals surface area (Å²) in [6, 6.07) is -0.344. The molecule has 206 valence electrons. The molecule has 1 fully saturated rings. The number of urea groups is 1. The first-order valence-electron chi connectivity index (χ1n) is 12.6. The summed E-state index contributed by atoms with van der Waals surface area (Å²) in [5.41, 5.74) is -2.08. The van der Waals surface area contributed by atoms with E-state index in [2.05, 4.69) is 78.6 Å². The van der Waals surface area contributed by atoms with Gasteiger partial charge in [-0.15, -0.1) is 0 Å². The van der Waals surface area contributed by atoms with Gasteiger partial charge in [-0.25, -0.2) is 4.79 Å². The van der Waals surface area contributed by atoms with Crippen LogP contribution in [0.4, 0.5) is 4.79 Å². The molecule has 0 N–H and O–H groups in total. The molecule has 0 aromatic rings. The van der Waals surface area contributed by atoms with Gasteiger partial charge in [0, 0.05) is 20.7 Å². The van der Waals surface area contributed by atoms with Gasteiger partial charge in [-0.2, -0.15) is 0 Å². The van der Waals surface area contributed by atoms with Gasteiger partial charge in [-0.3, -0.25) is 9.69 Å². The van der Waals surface area contributed by atoms with Crippen LogP contribution in [0.2, 0.25) is 78.6 Å². The lowest BCUT2D eigenvalue weighted by Crippen LogP contribution is -2.78. The lowest BCUT2D eigenvalue weighted by molar-refractivity contribution is -0.171. The summed E-state index contributed by atoms with van der Waals surface area (Å²) in [6.45, 7) is 26.5. The number of imide groups is 1. The molecule has 0 aliphatic carbocycles. The van der Waals surface area contributed by atoms with Crippen molar-refractivity contribution in [2.24, 2.45) is 5.41 Å². The Morgan fingerprint density at radius 1 is 0.629 bits per heavy atom. The van der Waals surface area contributed by atoms with Crippen LogP contribution >= 0.6 is 0 Å². The second-order valence-corrected chi connectivity index (χ2v) is 31.8. The minimum atomic E-state index is -2.01. The molecule has 0 spiro atoms. The largest absolute Gasteiger partial charge is 0.418 e.